The molecule has 6 heteroatoms. The number of rotatable bonds is 5. The highest BCUT2D eigenvalue weighted by atomic mass is 32.2. The molecule has 0 aliphatic carbocycles. The summed E-state index contributed by atoms with van der Waals surface area (Å²) in [6.07, 6.45) is 3.95. The van der Waals surface area contributed by atoms with Gasteiger partial charge < -0.3 is 0 Å². The van der Waals surface area contributed by atoms with Gasteiger partial charge in [0, 0.05) is 12.6 Å². The Bertz CT molecular complexity index is 783. The second kappa shape index (κ2) is 7.44. The van der Waals surface area contributed by atoms with Crippen LogP contribution in [0.25, 0.3) is 0 Å². The Morgan fingerprint density at radius 3 is 2.36 bits per heavy atom. The van der Waals surface area contributed by atoms with Crippen LogP contribution in [-0.4, -0.2) is 28.1 Å². The number of nitrogens with zero attached hydrogens (tertiary/aromatic N) is 2. The van der Waals surface area contributed by atoms with Gasteiger partial charge in [-0.3, -0.25) is 9.21 Å². The molecule has 0 unspecified atom stereocenters. The van der Waals surface area contributed by atoms with Crippen LogP contribution in [0.1, 0.15) is 26.7 Å². The van der Waals surface area contributed by atoms with Crippen LogP contribution in [0.5, 0.6) is 0 Å². The fourth-order valence-corrected chi connectivity index (χ4v) is 4.66. The number of hydrogen-bond acceptors (Lipinski definition) is 3. The van der Waals surface area contributed by atoms with Gasteiger partial charge in [-0.2, -0.15) is 0 Å². The molecular weight excluding hydrogens is 334 g/mol. The maximum atomic E-state index is 13.0. The van der Waals surface area contributed by atoms with Crippen molar-refractivity contribution in [3.05, 3.63) is 48.7 Å². The smallest absolute Gasteiger partial charge is 0.267 e. The van der Waals surface area contributed by atoms with Crippen molar-refractivity contribution >= 4 is 21.5 Å². The van der Waals surface area contributed by atoms with Gasteiger partial charge in [-0.25, -0.2) is 13.4 Å². The Balaban J connectivity index is 1.83. The van der Waals surface area contributed by atoms with Crippen molar-refractivity contribution < 1.29 is 13.4 Å². The molecule has 0 bridgehead atoms. The van der Waals surface area contributed by atoms with E-state index in [1.165, 1.54) is 17.1 Å². The lowest BCUT2D eigenvalue weighted by Gasteiger charge is -2.25. The maximum Gasteiger partial charge on any atom is 0.274 e. The van der Waals surface area contributed by atoms with Gasteiger partial charge in [0.05, 0.1) is 18.8 Å². The van der Waals surface area contributed by atoms with Crippen molar-refractivity contribution in [1.29, 1.82) is 0 Å². The molecule has 134 valence electrons. The van der Waals surface area contributed by atoms with E-state index in [-0.39, 0.29) is 4.90 Å². The average Bonchev–Trinajstić information content (AvgIpc) is 2.64. The van der Waals surface area contributed by atoms with Crippen molar-refractivity contribution in [1.82, 2.24) is 0 Å². The summed E-state index contributed by atoms with van der Waals surface area (Å²) in [4.78, 5) is 5.75. The van der Waals surface area contributed by atoms with Crippen LogP contribution in [-0.2, 0) is 10.0 Å². The summed E-state index contributed by atoms with van der Waals surface area (Å²) in [5.41, 5.74) is 0.680. The van der Waals surface area contributed by atoms with E-state index in [9.17, 15) is 8.42 Å². The molecule has 2 aromatic rings. The Kier molecular flexibility index (Phi) is 5.27. The lowest BCUT2D eigenvalue weighted by Crippen LogP contribution is -2.37. The van der Waals surface area contributed by atoms with Crippen LogP contribution in [0, 0.1) is 5.92 Å². The monoisotopic (exact) mass is 360 g/mol. The molecule has 0 amide bonds. The molecule has 25 heavy (non-hydrogen) atoms. The van der Waals surface area contributed by atoms with E-state index in [1.54, 1.807) is 12.3 Å². The number of para-hydroxylation sites is 1. The fourth-order valence-electron chi connectivity index (χ4n) is 3.22. The highest BCUT2D eigenvalue weighted by molar-refractivity contribution is 7.92. The molecule has 1 fully saturated rings. The van der Waals surface area contributed by atoms with E-state index < -0.39 is 10.0 Å². The van der Waals surface area contributed by atoms with Gasteiger partial charge in [-0.05, 0) is 43.9 Å². The summed E-state index contributed by atoms with van der Waals surface area (Å²) in [6, 6.07) is 12.8. The van der Waals surface area contributed by atoms with Crippen LogP contribution in [0.2, 0.25) is 0 Å². The molecule has 1 N–H and O–H groups in total. The summed E-state index contributed by atoms with van der Waals surface area (Å²) in [6.45, 7) is 6.53. The number of nitrogens with one attached hydrogen (secondary N) is 1. The van der Waals surface area contributed by atoms with E-state index in [1.807, 2.05) is 43.3 Å². The molecule has 0 radical (unpaired) electrons. The first kappa shape index (κ1) is 17.7. The van der Waals surface area contributed by atoms with Gasteiger partial charge in [0.2, 0.25) is 0 Å². The minimum atomic E-state index is -3.58. The molecule has 1 aliphatic rings. The molecule has 3 rings (SSSR count). The predicted octanol–water partition coefficient (Wildman–Crippen LogP) is 2.95. The Morgan fingerprint density at radius 1 is 1.12 bits per heavy atom. The molecule has 1 aliphatic heterocycles. The van der Waals surface area contributed by atoms with E-state index in [4.69, 9.17) is 0 Å². The van der Waals surface area contributed by atoms with E-state index in [0.29, 0.717) is 12.2 Å². The zero-order valence-electron chi connectivity index (χ0n) is 14.9. The average molecular weight is 361 g/mol. The first-order valence-corrected chi connectivity index (χ1v) is 10.3. The molecule has 1 aromatic carbocycles. The molecule has 1 saturated heterocycles. The minimum Gasteiger partial charge on any atom is -0.267 e. The fraction of sp³-hybridized carbons (Fsp3) is 0.421. The van der Waals surface area contributed by atoms with Gasteiger partial charge in [0.15, 0.2) is 0 Å². The third-order valence-corrected chi connectivity index (χ3v) is 6.71. The highest BCUT2D eigenvalue weighted by Gasteiger charge is 2.27. The highest BCUT2D eigenvalue weighted by Crippen LogP contribution is 2.24. The Morgan fingerprint density at radius 2 is 1.80 bits per heavy atom. The van der Waals surface area contributed by atoms with Gasteiger partial charge in [0.1, 0.15) is 11.1 Å². The number of anilines is 2. The van der Waals surface area contributed by atoms with E-state index >= 15 is 0 Å². The third kappa shape index (κ3) is 3.79. The number of pyridine rings is 1. The Hall–Kier alpha value is -2.08. The van der Waals surface area contributed by atoms with Crippen molar-refractivity contribution in [2.24, 2.45) is 5.92 Å². The first-order valence-electron chi connectivity index (χ1n) is 8.87. The number of sulfonamides is 1. The molecule has 0 atom stereocenters. The van der Waals surface area contributed by atoms with Crippen LogP contribution in [0.3, 0.4) is 0 Å². The van der Waals surface area contributed by atoms with Crippen molar-refractivity contribution in [2.45, 2.75) is 31.6 Å². The molecule has 0 saturated carbocycles. The lowest BCUT2D eigenvalue weighted by molar-refractivity contribution is -0.367. The van der Waals surface area contributed by atoms with Crippen LogP contribution < -0.4 is 14.2 Å². The normalized spacial score (nSPS) is 16.0. The number of benzene rings is 1. The first-order chi connectivity index (χ1) is 12.0. The van der Waals surface area contributed by atoms with Crippen molar-refractivity contribution in [3.63, 3.8) is 0 Å². The molecule has 2 heterocycles. The summed E-state index contributed by atoms with van der Waals surface area (Å²) in [7, 11) is -3.58. The quantitative estimate of drug-likeness (QED) is 0.824. The zero-order valence-corrected chi connectivity index (χ0v) is 15.7. The summed E-state index contributed by atoms with van der Waals surface area (Å²) < 4.78 is 27.4. The van der Waals surface area contributed by atoms with Crippen LogP contribution in [0.4, 0.5) is 11.5 Å². The Labute approximate surface area is 150 Å². The maximum absolute atomic E-state index is 13.0. The lowest BCUT2D eigenvalue weighted by atomic mass is 9.99. The number of aromatic nitrogens is 1. The largest absolute Gasteiger partial charge is 0.274 e. The molecule has 0 spiro atoms. The summed E-state index contributed by atoms with van der Waals surface area (Å²) in [5.74, 6) is 1.74. The van der Waals surface area contributed by atoms with Gasteiger partial charge >= 0.3 is 0 Å². The summed E-state index contributed by atoms with van der Waals surface area (Å²) >= 11 is 0. The third-order valence-electron chi connectivity index (χ3n) is 4.81. The molecule has 5 nitrogen and oxygen atoms in total. The topological polar surface area (TPSA) is 54.8 Å². The number of hydrogen-bond donors (Lipinski definition) is 0. The standard InChI is InChI=1S/C19H25N3O2S/c1-3-22(17-7-5-4-6-8-17)25(23,24)18-9-10-19(20-15-18)21-13-11-16(2)12-14-21/h4-10,15-16H,3,11-14H2,1-2H3/p+1. The van der Waals surface area contributed by atoms with Crippen LogP contribution in [0.15, 0.2) is 53.6 Å². The van der Waals surface area contributed by atoms with E-state index in [0.717, 1.165) is 24.8 Å². The van der Waals surface area contributed by atoms with Gasteiger partial charge in [0.25, 0.3) is 15.8 Å². The summed E-state index contributed by atoms with van der Waals surface area (Å²) in [5, 5.41) is 0. The van der Waals surface area contributed by atoms with Crippen molar-refractivity contribution in [3.8, 4) is 0 Å². The second-order valence-electron chi connectivity index (χ2n) is 6.58. The van der Waals surface area contributed by atoms with Gasteiger partial charge in [-0.1, -0.05) is 25.1 Å². The zero-order chi connectivity index (χ0) is 17.9. The van der Waals surface area contributed by atoms with E-state index in [2.05, 4.69) is 16.8 Å². The molecule has 1 aromatic heterocycles. The number of aromatic amines is 1. The number of piperidine rings is 1. The van der Waals surface area contributed by atoms with Crippen molar-refractivity contribution in [2.75, 3.05) is 28.8 Å². The second-order valence-corrected chi connectivity index (χ2v) is 8.45. The van der Waals surface area contributed by atoms with Crippen LogP contribution >= 0.6 is 0 Å². The van der Waals surface area contributed by atoms with Gasteiger partial charge in [-0.15, -0.1) is 0 Å². The molecular formula is C19H26N3O2S+. The SMILES string of the molecule is CCN(c1ccccc1)S(=O)(=O)c1ccc(N2CCC(C)CC2)[nH+]c1. The predicted molar refractivity (Wildman–Crippen MR) is 100 cm³/mol. The minimum absolute atomic E-state index is 0.285. The number of H-pyrrole nitrogens is 1.